The number of anilines is 1. The van der Waals surface area contributed by atoms with Crippen LogP contribution < -0.4 is 4.90 Å². The third-order valence-corrected chi connectivity index (χ3v) is 3.31. The first-order valence-corrected chi connectivity index (χ1v) is 5.41. The Morgan fingerprint density at radius 3 is 2.33 bits per heavy atom. The van der Waals surface area contributed by atoms with Crippen LogP contribution in [0.3, 0.4) is 0 Å². The Labute approximate surface area is 94.6 Å². The number of aliphatic hydroxyl groups excluding tert-OH is 1. The second-order valence-corrected chi connectivity index (χ2v) is 4.47. The maximum absolute atomic E-state index is 13.2. The van der Waals surface area contributed by atoms with E-state index in [2.05, 4.69) is 15.9 Å². The summed E-state index contributed by atoms with van der Waals surface area (Å²) < 4.78 is 26.2. The first-order valence-electron chi connectivity index (χ1n) is 4.62. The van der Waals surface area contributed by atoms with Gasteiger partial charge in [0, 0.05) is 31.3 Å². The smallest absolute Gasteiger partial charge is 0.142 e. The monoisotopic (exact) mass is 277 g/mol. The highest BCUT2D eigenvalue weighted by Crippen LogP contribution is 2.29. The molecule has 1 N–H and O–H groups in total. The van der Waals surface area contributed by atoms with Gasteiger partial charge in [0.05, 0.1) is 4.47 Å². The lowest BCUT2D eigenvalue weighted by Gasteiger charge is -2.40. The Bertz CT molecular complexity index is 357. The van der Waals surface area contributed by atoms with E-state index in [0.29, 0.717) is 18.8 Å². The fourth-order valence-corrected chi connectivity index (χ4v) is 1.85. The zero-order chi connectivity index (χ0) is 11.0. The van der Waals surface area contributed by atoms with Gasteiger partial charge in [-0.15, -0.1) is 0 Å². The average molecular weight is 278 g/mol. The van der Waals surface area contributed by atoms with Crippen molar-refractivity contribution in [1.29, 1.82) is 0 Å². The molecule has 0 bridgehead atoms. The molecular weight excluding hydrogens is 268 g/mol. The van der Waals surface area contributed by atoms with Crippen molar-refractivity contribution in [3.63, 3.8) is 0 Å². The molecule has 1 aromatic rings. The normalized spacial score (nSPS) is 16.7. The number of nitrogens with zero attached hydrogens (tertiary/aromatic N) is 1. The molecule has 1 heterocycles. The van der Waals surface area contributed by atoms with Crippen LogP contribution in [0.4, 0.5) is 14.5 Å². The summed E-state index contributed by atoms with van der Waals surface area (Å²) in [5.41, 5.74) is 0.526. The molecule has 1 saturated heterocycles. The van der Waals surface area contributed by atoms with E-state index in [-0.39, 0.29) is 17.0 Å². The molecule has 5 heteroatoms. The van der Waals surface area contributed by atoms with Gasteiger partial charge in [-0.25, -0.2) is 8.78 Å². The molecule has 0 aromatic heterocycles. The Hall–Kier alpha value is -0.680. The largest absolute Gasteiger partial charge is 0.396 e. The van der Waals surface area contributed by atoms with Crippen LogP contribution in [0.2, 0.25) is 0 Å². The summed E-state index contributed by atoms with van der Waals surface area (Å²) in [6.07, 6.45) is 0. The molecule has 0 radical (unpaired) electrons. The van der Waals surface area contributed by atoms with Crippen molar-refractivity contribution in [1.82, 2.24) is 0 Å². The third kappa shape index (κ3) is 1.99. The molecule has 0 amide bonds. The summed E-state index contributed by atoms with van der Waals surface area (Å²) in [5, 5.41) is 8.82. The SMILES string of the molecule is OCC1CN(c2cc(F)c(Br)c(F)c2)C1. The molecule has 0 aliphatic carbocycles. The number of hydrogen-bond acceptors (Lipinski definition) is 2. The number of halogens is 3. The molecule has 0 unspecified atom stereocenters. The van der Waals surface area contributed by atoms with Gasteiger partial charge in [0.2, 0.25) is 0 Å². The van der Waals surface area contributed by atoms with Gasteiger partial charge >= 0.3 is 0 Å². The number of benzene rings is 1. The van der Waals surface area contributed by atoms with Crippen LogP contribution >= 0.6 is 15.9 Å². The summed E-state index contributed by atoms with van der Waals surface area (Å²) in [6, 6.07) is 2.58. The average Bonchev–Trinajstić information content (AvgIpc) is 2.12. The molecule has 1 aromatic carbocycles. The highest BCUT2D eigenvalue weighted by molar-refractivity contribution is 9.10. The van der Waals surface area contributed by atoms with Gasteiger partial charge in [0.1, 0.15) is 11.6 Å². The minimum atomic E-state index is -0.600. The molecule has 1 aliphatic heterocycles. The maximum Gasteiger partial charge on any atom is 0.142 e. The van der Waals surface area contributed by atoms with Gasteiger partial charge in [0.15, 0.2) is 0 Å². The predicted octanol–water partition coefficient (Wildman–Crippen LogP) is 2.16. The standard InChI is InChI=1S/C10H10BrF2NO/c11-10-8(12)1-7(2-9(10)13)14-3-6(4-14)5-15/h1-2,6,15H,3-5H2. The van der Waals surface area contributed by atoms with Gasteiger partial charge < -0.3 is 10.0 Å². The summed E-state index contributed by atoms with van der Waals surface area (Å²) in [6.45, 7) is 1.42. The molecule has 0 spiro atoms. The Balaban J connectivity index is 2.17. The fraction of sp³-hybridized carbons (Fsp3) is 0.400. The van der Waals surface area contributed by atoms with Crippen LogP contribution in [0.25, 0.3) is 0 Å². The number of aliphatic hydroxyl groups is 1. The molecule has 2 nitrogen and oxygen atoms in total. The minimum absolute atomic E-state index is 0.123. The molecule has 15 heavy (non-hydrogen) atoms. The van der Waals surface area contributed by atoms with Crippen LogP contribution in [0.1, 0.15) is 0 Å². The van der Waals surface area contributed by atoms with Crippen LogP contribution in [-0.4, -0.2) is 24.8 Å². The van der Waals surface area contributed by atoms with Crippen molar-refractivity contribution < 1.29 is 13.9 Å². The van der Waals surface area contributed by atoms with Crippen molar-refractivity contribution in [3.8, 4) is 0 Å². The second-order valence-electron chi connectivity index (χ2n) is 3.68. The molecular formula is C10H10BrF2NO. The van der Waals surface area contributed by atoms with E-state index in [1.54, 1.807) is 0 Å². The lowest BCUT2D eigenvalue weighted by Crippen LogP contribution is -2.48. The lowest BCUT2D eigenvalue weighted by atomic mass is 10.0. The van der Waals surface area contributed by atoms with Gasteiger partial charge in [-0.3, -0.25) is 0 Å². The third-order valence-electron chi connectivity index (χ3n) is 2.55. The second kappa shape index (κ2) is 4.06. The van der Waals surface area contributed by atoms with Crippen molar-refractivity contribution in [2.24, 2.45) is 5.92 Å². The highest BCUT2D eigenvalue weighted by atomic mass is 79.9. The van der Waals surface area contributed by atoms with E-state index in [4.69, 9.17) is 5.11 Å². The van der Waals surface area contributed by atoms with Crippen LogP contribution in [0.5, 0.6) is 0 Å². The van der Waals surface area contributed by atoms with E-state index in [1.165, 1.54) is 12.1 Å². The maximum atomic E-state index is 13.2. The van der Waals surface area contributed by atoms with Crippen LogP contribution in [0, 0.1) is 17.6 Å². The molecule has 0 saturated carbocycles. The Morgan fingerprint density at radius 2 is 1.87 bits per heavy atom. The first-order chi connectivity index (χ1) is 7.11. The molecule has 2 rings (SSSR count). The Morgan fingerprint density at radius 1 is 1.33 bits per heavy atom. The topological polar surface area (TPSA) is 23.5 Å². The molecule has 82 valence electrons. The zero-order valence-electron chi connectivity index (χ0n) is 7.88. The summed E-state index contributed by atoms with van der Waals surface area (Å²) in [5.74, 6) is -0.977. The van der Waals surface area contributed by atoms with E-state index in [1.807, 2.05) is 4.90 Å². The van der Waals surface area contributed by atoms with Gasteiger partial charge in [-0.1, -0.05) is 0 Å². The van der Waals surface area contributed by atoms with Crippen molar-refractivity contribution in [2.45, 2.75) is 0 Å². The van der Waals surface area contributed by atoms with Crippen LogP contribution in [0.15, 0.2) is 16.6 Å². The van der Waals surface area contributed by atoms with E-state index in [0.717, 1.165) is 0 Å². The van der Waals surface area contributed by atoms with Gasteiger partial charge in [-0.2, -0.15) is 0 Å². The number of rotatable bonds is 2. The van der Waals surface area contributed by atoms with E-state index < -0.39 is 11.6 Å². The zero-order valence-corrected chi connectivity index (χ0v) is 9.47. The molecule has 1 aliphatic rings. The molecule has 1 fully saturated rings. The fourth-order valence-electron chi connectivity index (χ4n) is 1.62. The first kappa shape index (κ1) is 10.8. The minimum Gasteiger partial charge on any atom is -0.396 e. The van der Waals surface area contributed by atoms with E-state index >= 15 is 0 Å². The summed E-state index contributed by atoms with van der Waals surface area (Å²) >= 11 is 2.82. The molecule has 0 atom stereocenters. The Kier molecular flexibility index (Phi) is 2.93. The summed E-state index contributed by atoms with van der Waals surface area (Å²) in [7, 11) is 0. The van der Waals surface area contributed by atoms with Gasteiger partial charge in [-0.05, 0) is 28.1 Å². The van der Waals surface area contributed by atoms with Crippen molar-refractivity contribution >= 4 is 21.6 Å². The predicted molar refractivity (Wildman–Crippen MR) is 56.8 cm³/mol. The van der Waals surface area contributed by atoms with Gasteiger partial charge in [0.25, 0.3) is 0 Å². The van der Waals surface area contributed by atoms with Crippen molar-refractivity contribution in [3.05, 3.63) is 28.2 Å². The highest BCUT2D eigenvalue weighted by Gasteiger charge is 2.27. The van der Waals surface area contributed by atoms with Crippen LogP contribution in [-0.2, 0) is 0 Å². The summed E-state index contributed by atoms with van der Waals surface area (Å²) in [4.78, 5) is 1.83. The lowest BCUT2D eigenvalue weighted by molar-refractivity contribution is 0.200. The van der Waals surface area contributed by atoms with E-state index in [9.17, 15) is 8.78 Å². The quantitative estimate of drug-likeness (QED) is 0.838. The van der Waals surface area contributed by atoms with Crippen molar-refractivity contribution in [2.75, 3.05) is 24.6 Å². The number of hydrogen-bond donors (Lipinski definition) is 1.